The lowest BCUT2D eigenvalue weighted by molar-refractivity contribution is 0.0812. The average molecular weight is 285 g/mol. The van der Waals surface area contributed by atoms with E-state index in [-0.39, 0.29) is 11.4 Å². The number of aromatic nitrogens is 1. The second-order valence-corrected chi connectivity index (χ2v) is 5.51. The van der Waals surface area contributed by atoms with E-state index in [2.05, 4.69) is 28.2 Å². The molecule has 1 heterocycles. The van der Waals surface area contributed by atoms with Crippen molar-refractivity contribution < 1.29 is 4.79 Å². The van der Waals surface area contributed by atoms with Gasteiger partial charge in [0, 0.05) is 23.3 Å². The summed E-state index contributed by atoms with van der Waals surface area (Å²) in [5.74, 6) is 0.0368. The van der Waals surface area contributed by atoms with E-state index in [1.807, 2.05) is 23.9 Å². The Morgan fingerprint density at radius 1 is 1.62 bits per heavy atom. The number of halogens is 1. The Bertz CT molecular complexity index is 402. The van der Waals surface area contributed by atoms with E-state index in [0.29, 0.717) is 5.69 Å². The molecule has 1 aliphatic rings. The van der Waals surface area contributed by atoms with Gasteiger partial charge in [-0.15, -0.1) is 0 Å². The van der Waals surface area contributed by atoms with Crippen LogP contribution in [0.2, 0.25) is 0 Å². The van der Waals surface area contributed by atoms with Crippen molar-refractivity contribution in [2.24, 2.45) is 7.05 Å². The first-order chi connectivity index (χ1) is 7.56. The number of carbonyl (C=O) groups excluding carboxylic acids is 1. The smallest absolute Gasteiger partial charge is 0.268 e. The van der Waals surface area contributed by atoms with Gasteiger partial charge in [0.2, 0.25) is 0 Å². The summed E-state index contributed by atoms with van der Waals surface area (Å²) in [5.41, 5.74) is 0.778. The molecular formula is C12H17BrN2O. The van der Waals surface area contributed by atoms with E-state index in [1.54, 1.807) is 0 Å². The van der Waals surface area contributed by atoms with E-state index in [9.17, 15) is 4.79 Å². The molecule has 1 fully saturated rings. The zero-order valence-corrected chi connectivity index (χ0v) is 11.3. The number of nitrogens with zero attached hydrogens (tertiary/aromatic N) is 1. The number of hydrogen-bond acceptors (Lipinski definition) is 1. The monoisotopic (exact) mass is 284 g/mol. The van der Waals surface area contributed by atoms with Crippen molar-refractivity contribution in [1.82, 2.24) is 9.88 Å². The zero-order valence-electron chi connectivity index (χ0n) is 9.72. The van der Waals surface area contributed by atoms with Gasteiger partial charge in [0.25, 0.3) is 5.91 Å². The molecule has 1 saturated carbocycles. The van der Waals surface area contributed by atoms with Crippen LogP contribution < -0.4 is 5.32 Å². The first-order valence-corrected chi connectivity index (χ1v) is 6.50. The molecule has 0 atom stereocenters. The Hall–Kier alpha value is -0.770. The van der Waals surface area contributed by atoms with Crippen molar-refractivity contribution in [3.8, 4) is 0 Å². The van der Waals surface area contributed by atoms with Crippen LogP contribution in [0.3, 0.4) is 0 Å². The van der Waals surface area contributed by atoms with Crippen LogP contribution in [-0.4, -0.2) is 16.0 Å². The highest BCUT2D eigenvalue weighted by molar-refractivity contribution is 9.10. The molecule has 1 aromatic heterocycles. The molecule has 0 spiro atoms. The second kappa shape index (κ2) is 4.24. The highest BCUT2D eigenvalue weighted by Crippen LogP contribution is 2.34. The summed E-state index contributed by atoms with van der Waals surface area (Å²) >= 11 is 3.38. The Morgan fingerprint density at radius 2 is 2.31 bits per heavy atom. The lowest BCUT2D eigenvalue weighted by Crippen LogP contribution is -2.53. The summed E-state index contributed by atoms with van der Waals surface area (Å²) in [7, 11) is 1.89. The van der Waals surface area contributed by atoms with Gasteiger partial charge < -0.3 is 9.88 Å². The van der Waals surface area contributed by atoms with E-state index in [4.69, 9.17) is 0 Å². The summed E-state index contributed by atoms with van der Waals surface area (Å²) in [6.07, 6.45) is 6.37. The van der Waals surface area contributed by atoms with E-state index < -0.39 is 0 Å². The Balaban J connectivity index is 2.11. The van der Waals surface area contributed by atoms with Gasteiger partial charge in [0.1, 0.15) is 5.69 Å². The largest absolute Gasteiger partial charge is 0.345 e. The molecule has 0 aliphatic heterocycles. The molecule has 1 N–H and O–H groups in total. The SMILES string of the molecule is CCC1(NC(=O)c2cc(Br)cn2C)CCC1. The fourth-order valence-corrected chi connectivity index (χ4v) is 2.75. The molecular weight excluding hydrogens is 268 g/mol. The molecule has 1 amide bonds. The van der Waals surface area contributed by atoms with Crippen LogP contribution >= 0.6 is 15.9 Å². The number of rotatable bonds is 3. The van der Waals surface area contributed by atoms with Crippen molar-refractivity contribution in [3.63, 3.8) is 0 Å². The minimum atomic E-state index is 0.0368. The molecule has 0 bridgehead atoms. The number of carbonyl (C=O) groups is 1. The summed E-state index contributed by atoms with van der Waals surface area (Å²) in [4.78, 5) is 12.1. The van der Waals surface area contributed by atoms with E-state index in [0.717, 1.165) is 23.7 Å². The molecule has 3 nitrogen and oxygen atoms in total. The van der Waals surface area contributed by atoms with E-state index >= 15 is 0 Å². The van der Waals surface area contributed by atoms with E-state index in [1.165, 1.54) is 6.42 Å². The van der Waals surface area contributed by atoms with Gasteiger partial charge in [-0.1, -0.05) is 6.92 Å². The van der Waals surface area contributed by atoms with Gasteiger partial charge in [-0.25, -0.2) is 0 Å². The molecule has 0 saturated heterocycles. The van der Waals surface area contributed by atoms with Crippen LogP contribution in [0.1, 0.15) is 43.1 Å². The first-order valence-electron chi connectivity index (χ1n) is 5.71. The predicted molar refractivity (Wildman–Crippen MR) is 67.5 cm³/mol. The summed E-state index contributed by atoms with van der Waals surface area (Å²) in [5, 5.41) is 3.17. The fraction of sp³-hybridized carbons (Fsp3) is 0.583. The van der Waals surface area contributed by atoms with Crippen molar-refractivity contribution in [3.05, 3.63) is 22.4 Å². The highest BCUT2D eigenvalue weighted by atomic mass is 79.9. The van der Waals surface area contributed by atoms with Gasteiger partial charge in [-0.2, -0.15) is 0 Å². The quantitative estimate of drug-likeness (QED) is 0.910. The van der Waals surface area contributed by atoms with Gasteiger partial charge in [0.05, 0.1) is 0 Å². The first kappa shape index (κ1) is 11.7. The predicted octanol–water partition coefficient (Wildman–Crippen LogP) is 2.85. The highest BCUT2D eigenvalue weighted by Gasteiger charge is 2.36. The van der Waals surface area contributed by atoms with Gasteiger partial charge in [-0.3, -0.25) is 4.79 Å². The summed E-state index contributed by atoms with van der Waals surface area (Å²) in [6, 6.07) is 1.86. The fourth-order valence-electron chi connectivity index (χ4n) is 2.23. The molecule has 4 heteroatoms. The van der Waals surface area contributed by atoms with Gasteiger partial charge >= 0.3 is 0 Å². The van der Waals surface area contributed by atoms with Crippen LogP contribution in [0, 0.1) is 0 Å². The third-order valence-corrected chi connectivity index (χ3v) is 4.00. The maximum absolute atomic E-state index is 12.1. The Kier molecular flexibility index (Phi) is 3.10. The van der Waals surface area contributed by atoms with Crippen molar-refractivity contribution >= 4 is 21.8 Å². The third-order valence-electron chi connectivity index (χ3n) is 3.57. The molecule has 1 aromatic rings. The minimum Gasteiger partial charge on any atom is -0.345 e. The molecule has 0 aromatic carbocycles. The maximum Gasteiger partial charge on any atom is 0.268 e. The summed E-state index contributed by atoms with van der Waals surface area (Å²) in [6.45, 7) is 2.14. The zero-order chi connectivity index (χ0) is 11.8. The van der Waals surface area contributed by atoms with Gasteiger partial charge in [0.15, 0.2) is 0 Å². The topological polar surface area (TPSA) is 34.0 Å². The van der Waals surface area contributed by atoms with Gasteiger partial charge in [-0.05, 0) is 47.7 Å². The molecule has 0 unspecified atom stereocenters. The Morgan fingerprint density at radius 3 is 2.69 bits per heavy atom. The lowest BCUT2D eigenvalue weighted by Gasteiger charge is -2.42. The molecule has 2 rings (SSSR count). The molecule has 1 aliphatic carbocycles. The normalized spacial score (nSPS) is 17.9. The van der Waals surface area contributed by atoms with Crippen LogP contribution in [0.25, 0.3) is 0 Å². The molecule has 88 valence electrons. The van der Waals surface area contributed by atoms with Crippen molar-refractivity contribution in [2.75, 3.05) is 0 Å². The minimum absolute atomic E-state index is 0.0368. The van der Waals surface area contributed by atoms with Crippen LogP contribution in [0.15, 0.2) is 16.7 Å². The van der Waals surface area contributed by atoms with Crippen LogP contribution in [0.4, 0.5) is 0 Å². The van der Waals surface area contributed by atoms with Crippen LogP contribution in [0.5, 0.6) is 0 Å². The maximum atomic E-state index is 12.1. The lowest BCUT2D eigenvalue weighted by atomic mass is 9.75. The Labute approximate surface area is 104 Å². The molecule has 0 radical (unpaired) electrons. The second-order valence-electron chi connectivity index (χ2n) is 4.60. The third kappa shape index (κ3) is 2.03. The number of hydrogen-bond donors (Lipinski definition) is 1. The number of amides is 1. The standard InChI is InChI=1S/C12H17BrN2O/c1-3-12(5-4-6-12)14-11(16)10-7-9(13)8-15(10)2/h7-8H,3-6H2,1-2H3,(H,14,16). The molecule has 16 heavy (non-hydrogen) atoms. The number of nitrogens with one attached hydrogen (secondary N) is 1. The number of aryl methyl sites for hydroxylation is 1. The average Bonchev–Trinajstić information content (AvgIpc) is 2.51. The van der Waals surface area contributed by atoms with Crippen molar-refractivity contribution in [1.29, 1.82) is 0 Å². The van der Waals surface area contributed by atoms with Crippen molar-refractivity contribution in [2.45, 2.75) is 38.1 Å². The van der Waals surface area contributed by atoms with Crippen LogP contribution in [-0.2, 0) is 7.05 Å². The summed E-state index contributed by atoms with van der Waals surface area (Å²) < 4.78 is 2.79.